The average molecular weight is 341 g/mol. The van der Waals surface area contributed by atoms with E-state index in [0.29, 0.717) is 17.1 Å². The fourth-order valence-electron chi connectivity index (χ4n) is 2.20. The number of amides is 2. The summed E-state index contributed by atoms with van der Waals surface area (Å²) in [6.07, 6.45) is 0.956. The van der Waals surface area contributed by atoms with Crippen molar-refractivity contribution in [2.75, 3.05) is 23.8 Å². The molecule has 6 heteroatoms. The summed E-state index contributed by atoms with van der Waals surface area (Å²) in [6.45, 7) is 3.75. The zero-order valence-corrected chi connectivity index (χ0v) is 14.5. The second-order valence-electron chi connectivity index (χ2n) is 5.62. The van der Waals surface area contributed by atoms with E-state index in [1.54, 1.807) is 12.1 Å². The van der Waals surface area contributed by atoms with Crippen LogP contribution in [0.3, 0.4) is 0 Å². The van der Waals surface area contributed by atoms with Crippen LogP contribution in [0.1, 0.15) is 18.1 Å². The van der Waals surface area contributed by atoms with Crippen molar-refractivity contribution in [2.24, 2.45) is 5.73 Å². The number of hydrogen-bond donors (Lipinski definition) is 3. The Labute approximate surface area is 147 Å². The molecule has 0 atom stereocenters. The van der Waals surface area contributed by atoms with Crippen LogP contribution in [0.2, 0.25) is 0 Å². The van der Waals surface area contributed by atoms with Gasteiger partial charge in [-0.2, -0.15) is 0 Å². The molecular formula is C19H23N3O3. The van der Waals surface area contributed by atoms with Crippen LogP contribution in [0.25, 0.3) is 0 Å². The minimum absolute atomic E-state index is 0.0934. The van der Waals surface area contributed by atoms with E-state index in [4.69, 9.17) is 10.5 Å². The van der Waals surface area contributed by atoms with Gasteiger partial charge in [0.25, 0.3) is 5.91 Å². The maximum absolute atomic E-state index is 12.0. The highest BCUT2D eigenvalue weighted by Gasteiger charge is 2.08. The van der Waals surface area contributed by atoms with Crippen LogP contribution >= 0.6 is 0 Å². The van der Waals surface area contributed by atoms with Gasteiger partial charge in [0.05, 0.1) is 6.54 Å². The molecule has 2 rings (SSSR count). The van der Waals surface area contributed by atoms with Gasteiger partial charge in [-0.25, -0.2) is 0 Å². The number of hydrogen-bond acceptors (Lipinski definition) is 4. The van der Waals surface area contributed by atoms with Crippen molar-refractivity contribution in [3.63, 3.8) is 0 Å². The van der Waals surface area contributed by atoms with Gasteiger partial charge in [-0.15, -0.1) is 0 Å². The second-order valence-corrected chi connectivity index (χ2v) is 5.62. The summed E-state index contributed by atoms with van der Waals surface area (Å²) >= 11 is 0. The van der Waals surface area contributed by atoms with E-state index in [1.807, 2.05) is 37.3 Å². The molecule has 0 aromatic heterocycles. The van der Waals surface area contributed by atoms with Gasteiger partial charge >= 0.3 is 0 Å². The number of anilines is 2. The molecule has 2 amide bonds. The van der Waals surface area contributed by atoms with Crippen LogP contribution in [-0.2, 0) is 16.0 Å². The number of benzene rings is 2. The molecule has 0 unspecified atom stereocenters. The van der Waals surface area contributed by atoms with E-state index in [9.17, 15) is 9.59 Å². The lowest BCUT2D eigenvalue weighted by molar-refractivity contribution is -0.118. The Kier molecular flexibility index (Phi) is 6.54. The van der Waals surface area contributed by atoms with Gasteiger partial charge in [0.1, 0.15) is 5.75 Å². The largest absolute Gasteiger partial charge is 0.484 e. The molecule has 0 spiro atoms. The molecule has 132 valence electrons. The molecule has 0 aliphatic heterocycles. The maximum Gasteiger partial charge on any atom is 0.262 e. The third kappa shape index (κ3) is 5.61. The molecule has 4 N–H and O–H groups in total. The first-order chi connectivity index (χ1) is 12.0. The lowest BCUT2D eigenvalue weighted by Crippen LogP contribution is -2.23. The van der Waals surface area contributed by atoms with Crippen molar-refractivity contribution in [1.82, 2.24) is 0 Å². The van der Waals surface area contributed by atoms with E-state index < -0.39 is 0 Å². The minimum Gasteiger partial charge on any atom is -0.484 e. The van der Waals surface area contributed by atoms with Crippen molar-refractivity contribution in [3.05, 3.63) is 53.6 Å². The van der Waals surface area contributed by atoms with Crippen molar-refractivity contribution in [3.8, 4) is 5.75 Å². The molecule has 2 aromatic carbocycles. The van der Waals surface area contributed by atoms with Gasteiger partial charge < -0.3 is 21.1 Å². The summed E-state index contributed by atoms with van der Waals surface area (Å²) in [6, 6.07) is 12.9. The number of rotatable bonds is 7. The molecule has 6 nitrogen and oxygen atoms in total. The van der Waals surface area contributed by atoms with Crippen LogP contribution in [0, 0.1) is 6.92 Å². The number of ether oxygens (including phenoxy) is 1. The van der Waals surface area contributed by atoms with Crippen molar-refractivity contribution < 1.29 is 14.3 Å². The molecule has 0 aliphatic rings. The van der Waals surface area contributed by atoms with Gasteiger partial charge in [0, 0.05) is 11.4 Å². The van der Waals surface area contributed by atoms with Crippen molar-refractivity contribution >= 4 is 23.2 Å². The predicted octanol–water partition coefficient (Wildman–Crippen LogP) is 2.47. The summed E-state index contributed by atoms with van der Waals surface area (Å²) < 4.78 is 5.48. The molecule has 2 aromatic rings. The van der Waals surface area contributed by atoms with Gasteiger partial charge in [-0.05, 0) is 48.7 Å². The van der Waals surface area contributed by atoms with E-state index in [-0.39, 0.29) is 25.0 Å². The summed E-state index contributed by atoms with van der Waals surface area (Å²) in [5.74, 6) is 0.0807. The van der Waals surface area contributed by atoms with E-state index in [1.165, 1.54) is 5.56 Å². The topological polar surface area (TPSA) is 93.5 Å². The zero-order valence-electron chi connectivity index (χ0n) is 14.5. The van der Waals surface area contributed by atoms with Gasteiger partial charge in [-0.3, -0.25) is 9.59 Å². The van der Waals surface area contributed by atoms with Gasteiger partial charge in [0.15, 0.2) is 6.61 Å². The Hall–Kier alpha value is -2.86. The summed E-state index contributed by atoms with van der Waals surface area (Å²) in [7, 11) is 0. The highest BCUT2D eigenvalue weighted by atomic mass is 16.5. The zero-order chi connectivity index (χ0) is 18.2. The predicted molar refractivity (Wildman–Crippen MR) is 98.8 cm³/mol. The highest BCUT2D eigenvalue weighted by molar-refractivity contribution is 5.95. The first-order valence-electron chi connectivity index (χ1n) is 8.14. The number of carbonyl (C=O) groups excluding carboxylic acids is 2. The number of nitrogens with one attached hydrogen (secondary N) is 2. The molecule has 0 fully saturated rings. The van der Waals surface area contributed by atoms with Gasteiger partial charge in [0.2, 0.25) is 5.91 Å². The summed E-state index contributed by atoms with van der Waals surface area (Å²) in [5, 5.41) is 5.44. The lowest BCUT2D eigenvalue weighted by Gasteiger charge is -2.11. The van der Waals surface area contributed by atoms with E-state index in [2.05, 4.69) is 17.6 Å². The maximum atomic E-state index is 12.0. The average Bonchev–Trinajstić information content (AvgIpc) is 2.63. The third-order valence-electron chi connectivity index (χ3n) is 3.68. The normalized spacial score (nSPS) is 10.2. The molecule has 0 saturated heterocycles. The van der Waals surface area contributed by atoms with Crippen LogP contribution in [-0.4, -0.2) is 25.0 Å². The minimum atomic E-state index is -0.287. The second kappa shape index (κ2) is 8.84. The lowest BCUT2D eigenvalue weighted by atomic mass is 10.1. The number of nitrogens with two attached hydrogens (primary N) is 1. The SMILES string of the molecule is CCc1ccc(OCC(=O)Nc2ccc(C)c(NC(=O)CN)c2)cc1. The molecule has 0 radical (unpaired) electrons. The molecule has 0 aliphatic carbocycles. The molecular weight excluding hydrogens is 318 g/mol. The van der Waals surface area contributed by atoms with Gasteiger partial charge in [-0.1, -0.05) is 25.1 Å². The summed E-state index contributed by atoms with van der Waals surface area (Å²) in [5.41, 5.74) is 8.59. The molecule has 0 heterocycles. The summed E-state index contributed by atoms with van der Waals surface area (Å²) in [4.78, 5) is 23.5. The van der Waals surface area contributed by atoms with E-state index >= 15 is 0 Å². The van der Waals surface area contributed by atoms with Crippen LogP contribution in [0.4, 0.5) is 11.4 Å². The Bertz CT molecular complexity index is 742. The Morgan fingerprint density at radius 1 is 1.04 bits per heavy atom. The Balaban J connectivity index is 1.93. The third-order valence-corrected chi connectivity index (χ3v) is 3.68. The quantitative estimate of drug-likeness (QED) is 0.721. The number of carbonyl (C=O) groups is 2. The first kappa shape index (κ1) is 18.5. The van der Waals surface area contributed by atoms with Crippen LogP contribution < -0.4 is 21.1 Å². The standard InChI is InChI=1S/C19H23N3O3/c1-3-14-5-8-16(9-6-14)25-12-19(24)21-15-7-4-13(2)17(10-15)22-18(23)11-20/h4-10H,3,11-12,20H2,1-2H3,(H,21,24)(H,22,23). The highest BCUT2D eigenvalue weighted by Crippen LogP contribution is 2.20. The van der Waals surface area contributed by atoms with Crippen LogP contribution in [0.15, 0.2) is 42.5 Å². The Morgan fingerprint density at radius 3 is 2.40 bits per heavy atom. The first-order valence-corrected chi connectivity index (χ1v) is 8.14. The molecule has 25 heavy (non-hydrogen) atoms. The van der Waals surface area contributed by atoms with Crippen molar-refractivity contribution in [2.45, 2.75) is 20.3 Å². The van der Waals surface area contributed by atoms with Crippen molar-refractivity contribution in [1.29, 1.82) is 0 Å². The van der Waals surface area contributed by atoms with Crippen LogP contribution in [0.5, 0.6) is 5.75 Å². The monoisotopic (exact) mass is 341 g/mol. The molecule has 0 bridgehead atoms. The molecule has 0 saturated carbocycles. The fraction of sp³-hybridized carbons (Fsp3) is 0.263. The smallest absolute Gasteiger partial charge is 0.262 e. The Morgan fingerprint density at radius 2 is 1.76 bits per heavy atom. The fourth-order valence-corrected chi connectivity index (χ4v) is 2.20. The van der Waals surface area contributed by atoms with E-state index in [0.717, 1.165) is 12.0 Å². The number of aryl methyl sites for hydroxylation is 2.